The van der Waals surface area contributed by atoms with Gasteiger partial charge in [-0.2, -0.15) is 0 Å². The summed E-state index contributed by atoms with van der Waals surface area (Å²) < 4.78 is 7.33. The van der Waals surface area contributed by atoms with Crippen LogP contribution in [0, 0.1) is 8.99 Å². The summed E-state index contributed by atoms with van der Waals surface area (Å²) in [5.41, 5.74) is 0.0527. The Morgan fingerprint density at radius 2 is 1.89 bits per heavy atom. The average Bonchev–Trinajstić information content (AvgIpc) is 2.41. The van der Waals surface area contributed by atoms with Crippen molar-refractivity contribution in [2.75, 3.05) is 0 Å². The van der Waals surface area contributed by atoms with Gasteiger partial charge in [-0.1, -0.05) is 31.4 Å². The fourth-order valence-corrected chi connectivity index (χ4v) is 3.97. The Morgan fingerprint density at radius 1 is 1.17 bits per heavy atom. The Morgan fingerprint density at radius 3 is 2.56 bits per heavy atom. The summed E-state index contributed by atoms with van der Waals surface area (Å²) in [5.74, 6) is 0.972. The van der Waals surface area contributed by atoms with E-state index in [1.54, 1.807) is 0 Å². The highest BCUT2D eigenvalue weighted by molar-refractivity contribution is 14.1. The van der Waals surface area contributed by atoms with Crippen LogP contribution in [0.25, 0.3) is 0 Å². The lowest BCUT2D eigenvalue weighted by molar-refractivity contribution is -0.172. The second-order valence-electron chi connectivity index (χ2n) is 5.58. The van der Waals surface area contributed by atoms with Crippen LogP contribution in [0.2, 0.25) is 0 Å². The number of aliphatic hydroxyl groups excluding tert-OH is 1. The second-order valence-corrected chi connectivity index (χ2v) is 6.74. The van der Waals surface area contributed by atoms with Crippen LogP contribution in [-0.2, 0) is 0 Å². The zero-order chi connectivity index (χ0) is 12.6. The van der Waals surface area contributed by atoms with Gasteiger partial charge in [0.15, 0.2) is 0 Å². The highest BCUT2D eigenvalue weighted by Gasteiger charge is 2.56. The predicted octanol–water partition coefficient (Wildman–Crippen LogP) is 3.75. The average molecular weight is 358 g/mol. The highest BCUT2D eigenvalue weighted by Crippen LogP contribution is 2.53. The molecule has 1 spiro atoms. The van der Waals surface area contributed by atoms with E-state index in [1.165, 1.54) is 19.3 Å². The summed E-state index contributed by atoms with van der Waals surface area (Å²) in [6.45, 7) is 0. The van der Waals surface area contributed by atoms with Crippen LogP contribution in [0.1, 0.15) is 38.5 Å². The van der Waals surface area contributed by atoms with E-state index in [-0.39, 0.29) is 17.6 Å². The minimum absolute atomic E-state index is 0.0527. The number of hydrogen-bond acceptors (Lipinski definition) is 2. The van der Waals surface area contributed by atoms with Crippen molar-refractivity contribution < 1.29 is 9.84 Å². The Hall–Kier alpha value is -0.290. The maximum Gasteiger partial charge on any atom is 0.133 e. The van der Waals surface area contributed by atoms with Crippen LogP contribution in [0.5, 0.6) is 5.75 Å². The maximum absolute atomic E-state index is 10.2. The monoisotopic (exact) mass is 358 g/mol. The van der Waals surface area contributed by atoms with Gasteiger partial charge in [0.1, 0.15) is 11.9 Å². The molecule has 1 aromatic carbocycles. The van der Waals surface area contributed by atoms with Crippen molar-refractivity contribution in [3.05, 3.63) is 27.8 Å². The van der Waals surface area contributed by atoms with Gasteiger partial charge in [-0.05, 0) is 47.6 Å². The molecule has 2 aliphatic carbocycles. The fourth-order valence-electron chi connectivity index (χ4n) is 3.45. The number of benzene rings is 1. The molecule has 0 radical (unpaired) electrons. The largest absolute Gasteiger partial charge is 0.489 e. The molecule has 2 unspecified atom stereocenters. The van der Waals surface area contributed by atoms with Crippen molar-refractivity contribution >= 4 is 22.6 Å². The Kier molecular flexibility index (Phi) is 3.54. The lowest BCUT2D eigenvalue weighted by Crippen LogP contribution is -2.60. The van der Waals surface area contributed by atoms with E-state index in [0.717, 1.165) is 28.6 Å². The molecule has 98 valence electrons. The Balaban J connectivity index is 1.75. The lowest BCUT2D eigenvalue weighted by Gasteiger charge is -2.55. The third kappa shape index (κ3) is 2.05. The normalized spacial score (nSPS) is 29.9. The first-order valence-corrected chi connectivity index (χ1v) is 7.89. The molecule has 0 bridgehead atoms. The Bertz CT molecular complexity index is 426. The number of hydrogen-bond donors (Lipinski definition) is 1. The molecule has 2 fully saturated rings. The van der Waals surface area contributed by atoms with Crippen LogP contribution < -0.4 is 4.74 Å². The number of para-hydroxylation sites is 1. The maximum atomic E-state index is 10.2. The SMILES string of the molecule is OC1CC(Oc2ccccc2I)C12CCCCC2. The van der Waals surface area contributed by atoms with Crippen molar-refractivity contribution in [1.82, 2.24) is 0 Å². The van der Waals surface area contributed by atoms with Gasteiger partial charge in [0, 0.05) is 11.8 Å². The van der Waals surface area contributed by atoms with Gasteiger partial charge in [0.05, 0.1) is 9.67 Å². The van der Waals surface area contributed by atoms with Crippen molar-refractivity contribution in [3.63, 3.8) is 0 Å². The van der Waals surface area contributed by atoms with Crippen LogP contribution in [-0.4, -0.2) is 17.3 Å². The first kappa shape index (κ1) is 12.7. The predicted molar refractivity (Wildman–Crippen MR) is 79.7 cm³/mol. The van der Waals surface area contributed by atoms with Gasteiger partial charge < -0.3 is 9.84 Å². The van der Waals surface area contributed by atoms with E-state index < -0.39 is 0 Å². The van der Waals surface area contributed by atoms with E-state index in [4.69, 9.17) is 4.74 Å². The molecular weight excluding hydrogens is 339 g/mol. The molecular formula is C15H19IO2. The van der Waals surface area contributed by atoms with Crippen LogP contribution in [0.4, 0.5) is 0 Å². The van der Waals surface area contributed by atoms with Crippen molar-refractivity contribution in [2.24, 2.45) is 5.41 Å². The van der Waals surface area contributed by atoms with Gasteiger partial charge in [0.25, 0.3) is 0 Å². The number of rotatable bonds is 2. The highest BCUT2D eigenvalue weighted by atomic mass is 127. The smallest absolute Gasteiger partial charge is 0.133 e. The summed E-state index contributed by atoms with van der Waals surface area (Å²) in [5, 5.41) is 10.2. The molecule has 3 rings (SSSR count). The lowest BCUT2D eigenvalue weighted by atomic mass is 9.56. The molecule has 0 aliphatic heterocycles. The first-order chi connectivity index (χ1) is 8.72. The molecule has 0 heterocycles. The minimum atomic E-state index is -0.149. The molecule has 0 aromatic heterocycles. The topological polar surface area (TPSA) is 29.5 Å². The van der Waals surface area contributed by atoms with E-state index in [1.807, 2.05) is 18.2 Å². The van der Waals surface area contributed by atoms with Gasteiger partial charge in [-0.15, -0.1) is 0 Å². The van der Waals surface area contributed by atoms with Crippen LogP contribution in [0.15, 0.2) is 24.3 Å². The molecule has 3 heteroatoms. The number of ether oxygens (including phenoxy) is 1. The number of aliphatic hydroxyl groups is 1. The fraction of sp³-hybridized carbons (Fsp3) is 0.600. The van der Waals surface area contributed by atoms with Crippen molar-refractivity contribution in [2.45, 2.75) is 50.7 Å². The molecule has 0 amide bonds. The van der Waals surface area contributed by atoms with E-state index >= 15 is 0 Å². The molecule has 1 aromatic rings. The summed E-state index contributed by atoms with van der Waals surface area (Å²) in [4.78, 5) is 0. The van der Waals surface area contributed by atoms with Gasteiger partial charge in [-0.3, -0.25) is 0 Å². The summed E-state index contributed by atoms with van der Waals surface area (Å²) in [6.07, 6.45) is 6.90. The molecule has 2 atom stereocenters. The summed E-state index contributed by atoms with van der Waals surface area (Å²) in [6, 6.07) is 8.14. The molecule has 2 nitrogen and oxygen atoms in total. The second kappa shape index (κ2) is 5.00. The third-order valence-corrected chi connectivity index (χ3v) is 5.52. The van der Waals surface area contributed by atoms with E-state index in [9.17, 15) is 5.11 Å². The van der Waals surface area contributed by atoms with Gasteiger partial charge in [-0.25, -0.2) is 0 Å². The molecule has 2 saturated carbocycles. The number of halogens is 1. The molecule has 2 aliphatic rings. The zero-order valence-electron chi connectivity index (χ0n) is 10.4. The molecule has 18 heavy (non-hydrogen) atoms. The van der Waals surface area contributed by atoms with Gasteiger partial charge >= 0.3 is 0 Å². The zero-order valence-corrected chi connectivity index (χ0v) is 12.6. The Labute approximate surface area is 122 Å². The van der Waals surface area contributed by atoms with E-state index in [2.05, 4.69) is 28.7 Å². The quantitative estimate of drug-likeness (QED) is 0.816. The van der Waals surface area contributed by atoms with Crippen LogP contribution in [0.3, 0.4) is 0 Å². The summed E-state index contributed by atoms with van der Waals surface area (Å²) in [7, 11) is 0. The third-order valence-electron chi connectivity index (χ3n) is 4.63. The van der Waals surface area contributed by atoms with Crippen LogP contribution >= 0.6 is 22.6 Å². The molecule has 1 N–H and O–H groups in total. The van der Waals surface area contributed by atoms with Crippen molar-refractivity contribution in [1.29, 1.82) is 0 Å². The summed E-state index contributed by atoms with van der Waals surface area (Å²) >= 11 is 2.31. The first-order valence-electron chi connectivity index (χ1n) is 6.82. The van der Waals surface area contributed by atoms with Crippen molar-refractivity contribution in [3.8, 4) is 5.75 Å². The van der Waals surface area contributed by atoms with Gasteiger partial charge in [0.2, 0.25) is 0 Å². The standard InChI is InChI=1S/C15H19IO2/c16-11-6-2-3-7-12(11)18-14-10-13(17)15(14)8-4-1-5-9-15/h2-3,6-7,13-14,17H,1,4-5,8-10H2. The molecule has 0 saturated heterocycles. The van der Waals surface area contributed by atoms with E-state index in [0.29, 0.717) is 0 Å². The minimum Gasteiger partial charge on any atom is -0.489 e.